The van der Waals surface area contributed by atoms with E-state index in [-0.39, 0.29) is 34.2 Å². The molecule has 13 heteroatoms. The van der Waals surface area contributed by atoms with E-state index >= 15 is 0 Å². The standard InChI is InChI=1S/C14H7N9O4/c15-11-10(20-26-21-11)14(25)19-18-8-6-4(2-1-3-5(6)24)7-9(8)17-13-12(16-7)22-27-23-13/h1-3,24H,(H2,15,21)(H,17,23). The number of nitrogens with one attached hydrogen (secondary N) is 1. The molecule has 0 spiro atoms. The van der Waals surface area contributed by atoms with Crippen LogP contribution in [0, 0.1) is 0 Å². The molecule has 13 nitrogen and oxygen atoms in total. The van der Waals surface area contributed by atoms with Crippen molar-refractivity contribution in [2.75, 3.05) is 5.73 Å². The zero-order valence-corrected chi connectivity index (χ0v) is 13.1. The van der Waals surface area contributed by atoms with Crippen LogP contribution in [0.15, 0.2) is 37.7 Å². The molecule has 3 heterocycles. The molecule has 3 aromatic heterocycles. The Hall–Kier alpha value is -4.42. The number of azo groups is 1. The lowest BCUT2D eigenvalue weighted by molar-refractivity contribution is 0.0986. The largest absolute Gasteiger partial charge is 0.507 e. The van der Waals surface area contributed by atoms with Gasteiger partial charge in [-0.25, -0.2) is 14.6 Å². The van der Waals surface area contributed by atoms with E-state index < -0.39 is 5.91 Å². The number of carbonyl (C=O) groups is 1. The molecular weight excluding hydrogens is 358 g/mol. The van der Waals surface area contributed by atoms with E-state index in [1.54, 1.807) is 12.1 Å². The lowest BCUT2D eigenvalue weighted by atomic mass is 10.2. The molecule has 0 radical (unpaired) electrons. The zero-order chi connectivity index (χ0) is 18.5. The maximum Gasteiger partial charge on any atom is 0.321 e. The summed E-state index contributed by atoms with van der Waals surface area (Å²) in [5.41, 5.74) is 6.57. The number of anilines is 1. The number of nitrogens with zero attached hydrogens (tertiary/aromatic N) is 7. The molecule has 0 aliphatic carbocycles. The van der Waals surface area contributed by atoms with Gasteiger partial charge in [0.25, 0.3) is 0 Å². The van der Waals surface area contributed by atoms with E-state index in [1.807, 2.05) is 0 Å². The number of nitrogen functional groups attached to an aromatic ring is 1. The Balaban J connectivity index is 1.77. The van der Waals surface area contributed by atoms with Crippen molar-refractivity contribution in [2.45, 2.75) is 0 Å². The molecule has 0 saturated heterocycles. The summed E-state index contributed by atoms with van der Waals surface area (Å²) in [4.78, 5) is 20.8. The second kappa shape index (κ2) is 5.29. The van der Waals surface area contributed by atoms with Gasteiger partial charge in [0.2, 0.25) is 22.8 Å². The van der Waals surface area contributed by atoms with Gasteiger partial charge in [-0.3, -0.25) is 9.42 Å². The highest BCUT2D eigenvalue weighted by Gasteiger charge is 2.21. The van der Waals surface area contributed by atoms with Gasteiger partial charge in [0.05, 0.1) is 5.39 Å². The summed E-state index contributed by atoms with van der Waals surface area (Å²) in [5.74, 6) is -1.14. The van der Waals surface area contributed by atoms with Crippen molar-refractivity contribution >= 4 is 50.5 Å². The predicted molar refractivity (Wildman–Crippen MR) is 88.2 cm³/mol. The van der Waals surface area contributed by atoms with Crippen LogP contribution < -0.4 is 5.73 Å². The van der Waals surface area contributed by atoms with Crippen molar-refractivity contribution in [1.82, 2.24) is 30.6 Å². The van der Waals surface area contributed by atoms with Crippen molar-refractivity contribution in [3.8, 4) is 5.75 Å². The third-order valence-corrected chi connectivity index (χ3v) is 3.87. The number of H-pyrrole nitrogens is 1. The third kappa shape index (κ3) is 2.11. The molecule has 1 amide bonds. The van der Waals surface area contributed by atoms with Crippen LogP contribution in [-0.2, 0) is 0 Å². The van der Waals surface area contributed by atoms with E-state index in [0.29, 0.717) is 21.8 Å². The summed E-state index contributed by atoms with van der Waals surface area (Å²) >= 11 is 0. The van der Waals surface area contributed by atoms with Crippen LogP contribution in [0.4, 0.5) is 11.5 Å². The molecule has 0 unspecified atom stereocenters. The van der Waals surface area contributed by atoms with Gasteiger partial charge in [-0.15, -0.1) is 10.2 Å². The zero-order valence-electron chi connectivity index (χ0n) is 13.1. The van der Waals surface area contributed by atoms with E-state index in [2.05, 4.69) is 45.5 Å². The average molecular weight is 365 g/mol. The first-order valence-electron chi connectivity index (χ1n) is 7.42. The molecule has 132 valence electrons. The van der Waals surface area contributed by atoms with Crippen LogP contribution in [0.1, 0.15) is 10.5 Å². The summed E-state index contributed by atoms with van der Waals surface area (Å²) < 4.78 is 9.12. The Labute approximate surface area is 146 Å². The normalized spacial score (nSPS) is 12.0. The Morgan fingerprint density at radius 2 is 2.07 bits per heavy atom. The topological polar surface area (TPSA) is 195 Å². The number of aromatic nitrogens is 6. The van der Waals surface area contributed by atoms with Gasteiger partial charge in [0, 0.05) is 5.39 Å². The fraction of sp³-hybridized carbons (Fsp3) is 0. The molecule has 5 rings (SSSR count). The van der Waals surface area contributed by atoms with Crippen LogP contribution >= 0.6 is 0 Å². The lowest BCUT2D eigenvalue weighted by Crippen LogP contribution is -1.99. The number of rotatable bonds is 2. The third-order valence-electron chi connectivity index (χ3n) is 3.87. The van der Waals surface area contributed by atoms with Gasteiger partial charge in [0.15, 0.2) is 0 Å². The summed E-state index contributed by atoms with van der Waals surface area (Å²) in [6.07, 6.45) is 0. The Morgan fingerprint density at radius 3 is 2.89 bits per heavy atom. The Morgan fingerprint density at radius 1 is 1.19 bits per heavy atom. The Kier molecular flexibility index (Phi) is 2.91. The molecule has 0 bridgehead atoms. The number of hydrogen-bond acceptors (Lipinski definition) is 11. The van der Waals surface area contributed by atoms with Gasteiger partial charge < -0.3 is 10.8 Å². The van der Waals surface area contributed by atoms with Gasteiger partial charge in [-0.05, 0) is 21.5 Å². The number of benzene rings is 1. The minimum atomic E-state index is -0.864. The highest BCUT2D eigenvalue weighted by molar-refractivity contribution is 6.20. The lowest BCUT2D eigenvalue weighted by Gasteiger charge is -1.95. The fourth-order valence-corrected chi connectivity index (χ4v) is 2.71. The van der Waals surface area contributed by atoms with Gasteiger partial charge in [0.1, 0.15) is 22.5 Å². The Bertz CT molecular complexity index is 1380. The number of hydrogen-bond donors (Lipinski definition) is 3. The molecule has 0 saturated carbocycles. The van der Waals surface area contributed by atoms with Crippen molar-refractivity contribution in [1.29, 1.82) is 0 Å². The van der Waals surface area contributed by atoms with Crippen LogP contribution in [0.3, 0.4) is 0 Å². The van der Waals surface area contributed by atoms with Crippen molar-refractivity contribution in [3.63, 3.8) is 0 Å². The first-order chi connectivity index (χ1) is 13.1. The van der Waals surface area contributed by atoms with Crippen molar-refractivity contribution < 1.29 is 19.2 Å². The molecule has 4 N–H and O–H groups in total. The van der Waals surface area contributed by atoms with E-state index in [4.69, 9.17) is 10.4 Å². The first-order valence-corrected chi connectivity index (χ1v) is 7.42. The molecule has 0 atom stereocenters. The minimum absolute atomic E-state index is 0.0716. The highest BCUT2D eigenvalue weighted by atomic mass is 16.6. The number of carbonyl (C=O) groups excluding carboxylic acids is 1. The SMILES string of the molecule is Nc1nonc1C(=O)N=Nc1c2nc3[nH]onc3nc2c2cccc(O)c12. The molecule has 0 aliphatic heterocycles. The molecule has 0 fully saturated rings. The number of nitrogens with two attached hydrogens (primary N) is 1. The quantitative estimate of drug-likeness (QED) is 0.388. The summed E-state index contributed by atoms with van der Waals surface area (Å²) in [6, 6.07) is 4.84. The monoisotopic (exact) mass is 365 g/mol. The van der Waals surface area contributed by atoms with Crippen molar-refractivity contribution in [3.05, 3.63) is 23.9 Å². The maximum atomic E-state index is 12.1. The van der Waals surface area contributed by atoms with E-state index in [9.17, 15) is 9.90 Å². The number of aromatic hydroxyl groups is 1. The first kappa shape index (κ1) is 14.9. The number of fused-ring (bicyclic) bond motifs is 4. The number of phenolic OH excluding ortho intramolecular Hbond substituents is 1. The van der Waals surface area contributed by atoms with Gasteiger partial charge in [-0.2, -0.15) is 5.16 Å². The predicted octanol–water partition coefficient (Wildman–Crippen LogP) is 1.85. The van der Waals surface area contributed by atoms with Gasteiger partial charge in [-0.1, -0.05) is 12.1 Å². The molecule has 27 heavy (non-hydrogen) atoms. The minimum Gasteiger partial charge on any atom is -0.507 e. The molecule has 2 aromatic carbocycles. The van der Waals surface area contributed by atoms with Crippen LogP contribution in [0.5, 0.6) is 5.75 Å². The smallest absolute Gasteiger partial charge is 0.321 e. The van der Waals surface area contributed by atoms with Crippen LogP contribution in [0.2, 0.25) is 0 Å². The fourth-order valence-electron chi connectivity index (χ4n) is 2.71. The molecular formula is C14H7N9O4. The number of phenols is 1. The summed E-state index contributed by atoms with van der Waals surface area (Å²) in [5, 5.41) is 31.6. The maximum absolute atomic E-state index is 12.1. The van der Waals surface area contributed by atoms with Gasteiger partial charge >= 0.3 is 5.91 Å². The number of aromatic amines is 1. The van der Waals surface area contributed by atoms with Crippen LogP contribution in [0.25, 0.3) is 33.1 Å². The summed E-state index contributed by atoms with van der Waals surface area (Å²) in [7, 11) is 0. The molecule has 5 aromatic rings. The highest BCUT2D eigenvalue weighted by Crippen LogP contribution is 2.43. The van der Waals surface area contributed by atoms with Crippen LogP contribution in [-0.4, -0.2) is 41.6 Å². The van der Waals surface area contributed by atoms with E-state index in [0.717, 1.165) is 0 Å². The van der Waals surface area contributed by atoms with Crippen molar-refractivity contribution in [2.24, 2.45) is 10.2 Å². The average Bonchev–Trinajstić information content (AvgIpc) is 3.36. The summed E-state index contributed by atoms with van der Waals surface area (Å²) in [6.45, 7) is 0. The number of amides is 1. The van der Waals surface area contributed by atoms with E-state index in [1.165, 1.54) is 6.07 Å². The molecule has 0 aliphatic rings. The second-order valence-electron chi connectivity index (χ2n) is 5.43. The second-order valence-corrected chi connectivity index (χ2v) is 5.43.